The summed E-state index contributed by atoms with van der Waals surface area (Å²) in [5, 5.41) is 6.89. The Hall–Kier alpha value is -1.59. The molecule has 1 aromatic rings. The zero-order chi connectivity index (χ0) is 17.5. The van der Waals surface area contributed by atoms with E-state index >= 15 is 0 Å². The largest absolute Gasteiger partial charge is 0.356 e. The SMILES string of the molecule is CN=C(NCCCN1CCN(C)CC1c1ccccc1)NCC1CC1. The quantitative estimate of drug-likeness (QED) is 0.451. The van der Waals surface area contributed by atoms with Crippen LogP contribution in [0.1, 0.15) is 30.9 Å². The molecule has 1 saturated heterocycles. The summed E-state index contributed by atoms with van der Waals surface area (Å²) in [4.78, 5) is 9.40. The van der Waals surface area contributed by atoms with Crippen molar-refractivity contribution in [2.24, 2.45) is 10.9 Å². The van der Waals surface area contributed by atoms with Gasteiger partial charge in [0.1, 0.15) is 0 Å². The van der Waals surface area contributed by atoms with Crippen molar-refractivity contribution in [1.29, 1.82) is 0 Å². The molecule has 0 aromatic heterocycles. The second kappa shape index (κ2) is 9.20. The Morgan fingerprint density at radius 1 is 1.16 bits per heavy atom. The summed E-state index contributed by atoms with van der Waals surface area (Å²) in [5.74, 6) is 1.82. The van der Waals surface area contributed by atoms with Gasteiger partial charge < -0.3 is 15.5 Å². The number of hydrogen-bond donors (Lipinski definition) is 2. The van der Waals surface area contributed by atoms with E-state index in [1.54, 1.807) is 0 Å². The van der Waals surface area contributed by atoms with Crippen LogP contribution in [0.15, 0.2) is 35.3 Å². The van der Waals surface area contributed by atoms with E-state index in [-0.39, 0.29) is 0 Å². The zero-order valence-corrected chi connectivity index (χ0v) is 15.7. The lowest BCUT2D eigenvalue weighted by atomic mass is 10.0. The molecule has 5 nitrogen and oxygen atoms in total. The molecule has 1 aromatic carbocycles. The second-order valence-corrected chi connectivity index (χ2v) is 7.40. The fraction of sp³-hybridized carbons (Fsp3) is 0.650. The lowest BCUT2D eigenvalue weighted by Crippen LogP contribution is -2.47. The number of likely N-dealkylation sites (N-methyl/N-ethyl adjacent to an activating group) is 1. The summed E-state index contributed by atoms with van der Waals surface area (Å²) < 4.78 is 0. The van der Waals surface area contributed by atoms with E-state index in [9.17, 15) is 0 Å². The molecule has 1 heterocycles. The van der Waals surface area contributed by atoms with E-state index in [1.807, 2.05) is 7.05 Å². The Balaban J connectivity index is 1.43. The molecule has 2 N–H and O–H groups in total. The Morgan fingerprint density at radius 2 is 1.96 bits per heavy atom. The molecule has 0 radical (unpaired) electrons. The first kappa shape index (κ1) is 18.2. The van der Waals surface area contributed by atoms with E-state index in [4.69, 9.17) is 0 Å². The van der Waals surface area contributed by atoms with Gasteiger partial charge in [0.2, 0.25) is 0 Å². The highest BCUT2D eigenvalue weighted by Gasteiger charge is 2.26. The first-order valence-electron chi connectivity index (χ1n) is 9.68. The maximum Gasteiger partial charge on any atom is 0.190 e. The highest BCUT2D eigenvalue weighted by Crippen LogP contribution is 2.27. The lowest BCUT2D eigenvalue weighted by molar-refractivity contribution is 0.0891. The fourth-order valence-corrected chi connectivity index (χ4v) is 3.49. The third-order valence-electron chi connectivity index (χ3n) is 5.27. The van der Waals surface area contributed by atoms with Crippen molar-refractivity contribution in [3.63, 3.8) is 0 Å². The van der Waals surface area contributed by atoms with Gasteiger partial charge in [-0.15, -0.1) is 0 Å². The van der Waals surface area contributed by atoms with E-state index < -0.39 is 0 Å². The van der Waals surface area contributed by atoms with E-state index in [2.05, 4.69) is 62.8 Å². The third kappa shape index (κ3) is 5.72. The minimum Gasteiger partial charge on any atom is -0.356 e. The van der Waals surface area contributed by atoms with Crippen molar-refractivity contribution < 1.29 is 0 Å². The van der Waals surface area contributed by atoms with Crippen LogP contribution in [0.5, 0.6) is 0 Å². The molecule has 1 atom stereocenters. The maximum atomic E-state index is 4.32. The molecule has 0 amide bonds. The number of nitrogens with one attached hydrogen (secondary N) is 2. The van der Waals surface area contributed by atoms with Gasteiger partial charge in [-0.05, 0) is 37.8 Å². The molecule has 1 unspecified atom stereocenters. The molecule has 3 rings (SSSR count). The predicted octanol–water partition coefficient (Wildman–Crippen LogP) is 1.94. The van der Waals surface area contributed by atoms with Crippen LogP contribution in [0.4, 0.5) is 0 Å². The van der Waals surface area contributed by atoms with Crippen LogP contribution < -0.4 is 10.6 Å². The van der Waals surface area contributed by atoms with Crippen molar-refractivity contribution >= 4 is 5.96 Å². The van der Waals surface area contributed by atoms with Crippen LogP contribution in [0.2, 0.25) is 0 Å². The molecule has 2 fully saturated rings. The highest BCUT2D eigenvalue weighted by atomic mass is 15.3. The number of hydrogen-bond acceptors (Lipinski definition) is 3. The summed E-state index contributed by atoms with van der Waals surface area (Å²) >= 11 is 0. The molecule has 0 bridgehead atoms. The monoisotopic (exact) mass is 343 g/mol. The molecule has 1 aliphatic heterocycles. The van der Waals surface area contributed by atoms with Crippen molar-refractivity contribution in [2.75, 3.05) is 53.4 Å². The Morgan fingerprint density at radius 3 is 2.68 bits per heavy atom. The molecule has 1 aliphatic carbocycles. The van der Waals surface area contributed by atoms with Gasteiger partial charge in [-0.2, -0.15) is 0 Å². The number of guanidine groups is 1. The van der Waals surface area contributed by atoms with Gasteiger partial charge in [0, 0.05) is 52.4 Å². The fourth-order valence-electron chi connectivity index (χ4n) is 3.49. The van der Waals surface area contributed by atoms with Crippen LogP contribution >= 0.6 is 0 Å². The average molecular weight is 344 g/mol. The summed E-state index contributed by atoms with van der Waals surface area (Å²) in [5.41, 5.74) is 1.43. The number of piperazine rings is 1. The molecule has 2 aliphatic rings. The van der Waals surface area contributed by atoms with Crippen LogP contribution in [0.3, 0.4) is 0 Å². The van der Waals surface area contributed by atoms with Gasteiger partial charge >= 0.3 is 0 Å². The topological polar surface area (TPSA) is 42.9 Å². The molecule has 25 heavy (non-hydrogen) atoms. The summed E-state index contributed by atoms with van der Waals surface area (Å²) in [6.45, 7) is 6.57. The molecule has 0 spiro atoms. The van der Waals surface area contributed by atoms with Crippen LogP contribution in [0.25, 0.3) is 0 Å². The van der Waals surface area contributed by atoms with Gasteiger partial charge in [0.15, 0.2) is 5.96 Å². The van der Waals surface area contributed by atoms with Crippen molar-refractivity contribution in [2.45, 2.75) is 25.3 Å². The highest BCUT2D eigenvalue weighted by molar-refractivity contribution is 5.79. The van der Waals surface area contributed by atoms with Gasteiger partial charge in [-0.1, -0.05) is 30.3 Å². The Bertz CT molecular complexity index is 540. The van der Waals surface area contributed by atoms with Crippen molar-refractivity contribution in [3.05, 3.63) is 35.9 Å². The summed E-state index contributed by atoms with van der Waals surface area (Å²) in [6.07, 6.45) is 3.87. The van der Waals surface area contributed by atoms with Crippen LogP contribution in [-0.4, -0.2) is 69.1 Å². The summed E-state index contributed by atoms with van der Waals surface area (Å²) in [6, 6.07) is 11.4. The zero-order valence-electron chi connectivity index (χ0n) is 15.7. The third-order valence-corrected chi connectivity index (χ3v) is 5.27. The number of aliphatic imine (C=N–C) groups is 1. The molecular formula is C20H33N5. The number of benzene rings is 1. The van der Waals surface area contributed by atoms with E-state index in [0.717, 1.165) is 57.6 Å². The predicted molar refractivity (Wildman–Crippen MR) is 105 cm³/mol. The first-order chi connectivity index (χ1) is 12.3. The first-order valence-corrected chi connectivity index (χ1v) is 9.68. The average Bonchev–Trinajstić information content (AvgIpc) is 3.47. The van der Waals surface area contributed by atoms with Gasteiger partial charge in [0.05, 0.1) is 0 Å². The minimum atomic E-state index is 0.507. The van der Waals surface area contributed by atoms with Crippen LogP contribution in [0, 0.1) is 5.92 Å². The van der Waals surface area contributed by atoms with Gasteiger partial charge in [-0.3, -0.25) is 9.89 Å². The minimum absolute atomic E-state index is 0.507. The van der Waals surface area contributed by atoms with Gasteiger partial charge in [0.25, 0.3) is 0 Å². The van der Waals surface area contributed by atoms with Crippen molar-refractivity contribution in [1.82, 2.24) is 20.4 Å². The van der Waals surface area contributed by atoms with Gasteiger partial charge in [-0.25, -0.2) is 0 Å². The molecule has 1 saturated carbocycles. The smallest absolute Gasteiger partial charge is 0.190 e. The summed E-state index contributed by atoms with van der Waals surface area (Å²) in [7, 11) is 4.08. The number of rotatable bonds is 7. The normalized spacial score (nSPS) is 22.8. The van der Waals surface area contributed by atoms with E-state index in [1.165, 1.54) is 18.4 Å². The lowest BCUT2D eigenvalue weighted by Gasteiger charge is -2.40. The molecular weight excluding hydrogens is 310 g/mol. The Labute approximate surface area is 152 Å². The Kier molecular flexibility index (Phi) is 6.70. The maximum absolute atomic E-state index is 4.32. The van der Waals surface area contributed by atoms with E-state index in [0.29, 0.717) is 6.04 Å². The van der Waals surface area contributed by atoms with Crippen LogP contribution in [-0.2, 0) is 0 Å². The number of nitrogens with zero attached hydrogens (tertiary/aromatic N) is 3. The molecule has 138 valence electrons. The second-order valence-electron chi connectivity index (χ2n) is 7.40. The standard InChI is InChI=1S/C20H33N5/c1-21-20(23-15-17-9-10-17)22-11-6-12-25-14-13-24(2)16-19(25)18-7-4-3-5-8-18/h3-5,7-8,17,19H,6,9-16H2,1-2H3,(H2,21,22,23). The van der Waals surface area contributed by atoms with Crippen molar-refractivity contribution in [3.8, 4) is 0 Å². The molecule has 5 heteroatoms.